The molecule has 0 rings (SSSR count). The van der Waals surface area contributed by atoms with Gasteiger partial charge in [0.2, 0.25) is 0 Å². The van der Waals surface area contributed by atoms with Gasteiger partial charge >= 0.3 is 18.9 Å². The van der Waals surface area contributed by atoms with Gasteiger partial charge in [0, 0.05) is 50.6 Å². The maximum atomic E-state index is 0. The summed E-state index contributed by atoms with van der Waals surface area (Å²) in [6.07, 6.45) is 0. The average molecular weight is 211 g/mol. The molecule has 0 aromatic carbocycles. The fraction of sp³-hybridized carbons (Fsp3) is 0. The molecule has 0 amide bonds. The Balaban J connectivity index is 0. The molecule has 0 aliphatic carbocycles. The molecule has 5 heteroatoms. The standard InChI is InChI=1S/Fe.Li.Mn.Ni.H3P.H/h;;;;1H3;/q;+1;;;;-1. The van der Waals surface area contributed by atoms with Gasteiger partial charge in [-0.25, -0.2) is 0 Å². The summed E-state index contributed by atoms with van der Waals surface area (Å²) in [5.41, 5.74) is 0. The second kappa shape index (κ2) is 30.9. The van der Waals surface area contributed by atoms with Crippen LogP contribution in [0.1, 0.15) is 1.43 Å². The van der Waals surface area contributed by atoms with E-state index < -0.39 is 0 Å². The monoisotopic (exact) mass is 211 g/mol. The maximum absolute atomic E-state index is 0. The van der Waals surface area contributed by atoms with Crippen LogP contribution in [0.4, 0.5) is 0 Å². The largest absolute Gasteiger partial charge is 1.00 e. The Kier molecular flexibility index (Phi) is 307. The van der Waals surface area contributed by atoms with E-state index in [0.29, 0.717) is 0 Å². The topological polar surface area (TPSA) is 0 Å². The van der Waals surface area contributed by atoms with Crippen molar-refractivity contribution in [1.29, 1.82) is 0 Å². The first kappa shape index (κ1) is 49.6. The molecule has 0 bridgehead atoms. The van der Waals surface area contributed by atoms with Crippen LogP contribution in [0.15, 0.2) is 0 Å². The molecule has 0 aromatic heterocycles. The molecule has 0 heterocycles. The van der Waals surface area contributed by atoms with E-state index in [1.807, 2.05) is 0 Å². The summed E-state index contributed by atoms with van der Waals surface area (Å²) in [7, 11) is 0. The van der Waals surface area contributed by atoms with E-state index >= 15 is 0 Å². The van der Waals surface area contributed by atoms with Crippen molar-refractivity contribution in [3.05, 3.63) is 0 Å². The quantitative estimate of drug-likeness (QED) is 0.299. The molecule has 0 aliphatic rings. The third-order valence-electron chi connectivity index (χ3n) is 0. The summed E-state index contributed by atoms with van der Waals surface area (Å²) >= 11 is 0. The van der Waals surface area contributed by atoms with Crippen molar-refractivity contribution in [3.8, 4) is 0 Å². The first-order valence-corrected chi connectivity index (χ1v) is 0. The molecule has 0 saturated heterocycles. The molecule has 0 fully saturated rings. The molecular weight excluding hydrogens is 207 g/mol. The fourth-order valence-corrected chi connectivity index (χ4v) is 0. The summed E-state index contributed by atoms with van der Waals surface area (Å²) in [5.74, 6) is 0. The van der Waals surface area contributed by atoms with Crippen LogP contribution in [-0.2, 0) is 50.6 Å². The third-order valence-corrected chi connectivity index (χ3v) is 0. The van der Waals surface area contributed by atoms with Crippen LogP contribution < -0.4 is 18.9 Å². The van der Waals surface area contributed by atoms with E-state index in [0.717, 1.165) is 0 Å². The molecule has 35 valence electrons. The Morgan fingerprint density at radius 3 is 1.20 bits per heavy atom. The Labute approximate surface area is 80.1 Å². The maximum Gasteiger partial charge on any atom is 1.00 e. The molecule has 1 atom stereocenters. The van der Waals surface area contributed by atoms with Crippen LogP contribution in [0.3, 0.4) is 0 Å². The third kappa shape index (κ3) is 20.8. The zero-order valence-corrected chi connectivity index (χ0v) is 7.44. The van der Waals surface area contributed by atoms with Gasteiger partial charge in [0.15, 0.2) is 0 Å². The predicted molar refractivity (Wildman–Crippen MR) is 12.2 cm³/mol. The SMILES string of the molecule is P.[Fe].[H-].[Li+].[Mn].[Ni]. The second-order valence-corrected chi connectivity index (χ2v) is 0. The van der Waals surface area contributed by atoms with Crippen LogP contribution in [0.2, 0.25) is 0 Å². The van der Waals surface area contributed by atoms with Gasteiger partial charge in [0.05, 0.1) is 0 Å². The molecular formula is H4FeLiMnNiP. The van der Waals surface area contributed by atoms with Gasteiger partial charge in [-0.15, -0.1) is 0 Å². The van der Waals surface area contributed by atoms with Crippen molar-refractivity contribution < 1.29 is 70.9 Å². The Morgan fingerprint density at radius 1 is 1.20 bits per heavy atom. The van der Waals surface area contributed by atoms with E-state index in [1.165, 1.54) is 0 Å². The Hall–Kier alpha value is 2.56. The first-order valence-electron chi connectivity index (χ1n) is 0. The van der Waals surface area contributed by atoms with E-state index in [9.17, 15) is 0 Å². The molecule has 5 heavy (non-hydrogen) atoms. The normalized spacial score (nSPS) is 0. The Morgan fingerprint density at radius 2 is 1.20 bits per heavy atom. The fourth-order valence-electron chi connectivity index (χ4n) is 0. The van der Waals surface area contributed by atoms with Crippen molar-refractivity contribution in [2.75, 3.05) is 0 Å². The number of hydrogen-bond donors (Lipinski definition) is 0. The van der Waals surface area contributed by atoms with Crippen LogP contribution in [0.5, 0.6) is 0 Å². The minimum absolute atomic E-state index is 0. The first-order chi connectivity index (χ1) is 0. The average Bonchev–Trinajstić information content (AvgIpc) is 0. The molecule has 0 aromatic rings. The van der Waals surface area contributed by atoms with Crippen molar-refractivity contribution in [2.24, 2.45) is 0 Å². The van der Waals surface area contributed by atoms with Crippen molar-refractivity contribution in [2.45, 2.75) is 0 Å². The van der Waals surface area contributed by atoms with Gasteiger partial charge in [-0.05, 0) is 0 Å². The van der Waals surface area contributed by atoms with Gasteiger partial charge in [-0.2, -0.15) is 9.90 Å². The smallest absolute Gasteiger partial charge is 1.00 e. The number of hydrogen-bond acceptors (Lipinski definition) is 0. The van der Waals surface area contributed by atoms with Gasteiger partial charge in [-0.1, -0.05) is 0 Å². The second-order valence-electron chi connectivity index (χ2n) is 0. The number of rotatable bonds is 0. The van der Waals surface area contributed by atoms with Crippen LogP contribution in [-0.4, -0.2) is 0 Å². The minimum Gasteiger partial charge on any atom is -1.00 e. The molecule has 0 aliphatic heterocycles. The summed E-state index contributed by atoms with van der Waals surface area (Å²) in [6, 6.07) is 0. The van der Waals surface area contributed by atoms with E-state index in [-0.39, 0.29) is 80.8 Å². The molecule has 0 saturated carbocycles. The molecule has 1 radical (unpaired) electrons. The van der Waals surface area contributed by atoms with E-state index in [2.05, 4.69) is 0 Å². The van der Waals surface area contributed by atoms with Crippen molar-refractivity contribution in [3.63, 3.8) is 0 Å². The van der Waals surface area contributed by atoms with Crippen LogP contribution >= 0.6 is 9.90 Å². The zero-order valence-electron chi connectivity index (χ0n) is 3.75. The predicted octanol–water partition coefficient (Wildman–Crippen LogP) is -2.83. The van der Waals surface area contributed by atoms with Gasteiger partial charge in [0.25, 0.3) is 0 Å². The molecule has 0 spiro atoms. The Bertz CT molecular complexity index is 15.5. The zero-order chi connectivity index (χ0) is 0. The van der Waals surface area contributed by atoms with E-state index in [1.54, 1.807) is 0 Å². The summed E-state index contributed by atoms with van der Waals surface area (Å²) in [6.45, 7) is 0. The van der Waals surface area contributed by atoms with Crippen molar-refractivity contribution in [1.82, 2.24) is 0 Å². The summed E-state index contributed by atoms with van der Waals surface area (Å²) in [5, 5.41) is 0. The minimum atomic E-state index is 0. The van der Waals surface area contributed by atoms with Gasteiger partial charge in [-0.3, -0.25) is 0 Å². The summed E-state index contributed by atoms with van der Waals surface area (Å²) < 4.78 is 0. The molecule has 0 nitrogen and oxygen atoms in total. The van der Waals surface area contributed by atoms with Gasteiger partial charge < -0.3 is 1.43 Å². The van der Waals surface area contributed by atoms with Crippen LogP contribution in [0, 0.1) is 0 Å². The van der Waals surface area contributed by atoms with Crippen LogP contribution in [0.25, 0.3) is 0 Å². The molecule has 0 N–H and O–H groups in total. The molecule has 1 unspecified atom stereocenters. The van der Waals surface area contributed by atoms with E-state index in [4.69, 9.17) is 0 Å². The van der Waals surface area contributed by atoms with Crippen molar-refractivity contribution >= 4 is 9.90 Å². The summed E-state index contributed by atoms with van der Waals surface area (Å²) in [4.78, 5) is 0. The van der Waals surface area contributed by atoms with Gasteiger partial charge in [0.1, 0.15) is 0 Å².